The van der Waals surface area contributed by atoms with Gasteiger partial charge in [-0.3, -0.25) is 0 Å². The molecule has 0 aliphatic rings. The first-order valence-electron chi connectivity index (χ1n) is 7.06. The fraction of sp³-hybridized carbons (Fsp3) is 0.294. The highest BCUT2D eigenvalue weighted by molar-refractivity contribution is 9.10. The molecule has 2 aromatic carbocycles. The van der Waals surface area contributed by atoms with Crippen LogP contribution in [-0.4, -0.2) is 6.54 Å². The Morgan fingerprint density at radius 3 is 2.62 bits per heavy atom. The number of para-hydroxylation sites is 1. The highest BCUT2D eigenvalue weighted by Gasteiger charge is 2.08. The van der Waals surface area contributed by atoms with E-state index in [4.69, 9.17) is 4.74 Å². The molecule has 0 radical (unpaired) electrons. The summed E-state index contributed by atoms with van der Waals surface area (Å²) in [5.41, 5.74) is 2.06. The van der Waals surface area contributed by atoms with E-state index in [9.17, 15) is 4.39 Å². The minimum atomic E-state index is -0.232. The average molecular weight is 352 g/mol. The molecule has 0 amide bonds. The summed E-state index contributed by atoms with van der Waals surface area (Å²) in [4.78, 5) is 0. The van der Waals surface area contributed by atoms with E-state index in [0.29, 0.717) is 6.61 Å². The van der Waals surface area contributed by atoms with Crippen LogP contribution in [0.25, 0.3) is 0 Å². The van der Waals surface area contributed by atoms with Gasteiger partial charge in [-0.25, -0.2) is 4.39 Å². The number of hydrogen-bond donors (Lipinski definition) is 1. The Morgan fingerprint density at radius 2 is 1.90 bits per heavy atom. The van der Waals surface area contributed by atoms with Crippen LogP contribution >= 0.6 is 15.9 Å². The maximum atomic E-state index is 12.9. The molecule has 0 aliphatic carbocycles. The molecule has 112 valence electrons. The van der Waals surface area contributed by atoms with E-state index in [1.165, 1.54) is 12.1 Å². The molecule has 0 bridgehead atoms. The fourth-order valence-corrected chi connectivity index (χ4v) is 2.51. The van der Waals surface area contributed by atoms with Crippen molar-refractivity contribution in [3.8, 4) is 5.75 Å². The largest absolute Gasteiger partial charge is 0.487 e. The number of benzene rings is 2. The molecule has 0 heterocycles. The molecule has 1 N–H and O–H groups in total. The molecule has 0 spiro atoms. The summed E-state index contributed by atoms with van der Waals surface area (Å²) in [6.45, 7) is 4.31. The van der Waals surface area contributed by atoms with Crippen LogP contribution in [0.2, 0.25) is 0 Å². The summed E-state index contributed by atoms with van der Waals surface area (Å²) in [6.07, 6.45) is 1.10. The van der Waals surface area contributed by atoms with Gasteiger partial charge in [0.2, 0.25) is 0 Å². The normalized spacial score (nSPS) is 10.6. The Labute approximate surface area is 133 Å². The van der Waals surface area contributed by atoms with Crippen molar-refractivity contribution < 1.29 is 9.13 Å². The van der Waals surface area contributed by atoms with Crippen molar-refractivity contribution in [1.29, 1.82) is 0 Å². The van der Waals surface area contributed by atoms with Gasteiger partial charge >= 0.3 is 0 Å². The van der Waals surface area contributed by atoms with E-state index in [1.54, 1.807) is 12.1 Å². The third-order valence-electron chi connectivity index (χ3n) is 3.09. The molecule has 0 aliphatic heterocycles. The Kier molecular flexibility index (Phi) is 6.21. The number of ether oxygens (including phenoxy) is 1. The topological polar surface area (TPSA) is 21.3 Å². The summed E-state index contributed by atoms with van der Waals surface area (Å²) in [5.74, 6) is 0.606. The van der Waals surface area contributed by atoms with Gasteiger partial charge < -0.3 is 10.1 Å². The van der Waals surface area contributed by atoms with Crippen molar-refractivity contribution in [1.82, 2.24) is 5.32 Å². The van der Waals surface area contributed by atoms with E-state index in [0.717, 1.165) is 40.9 Å². The Morgan fingerprint density at radius 1 is 1.14 bits per heavy atom. The molecular weight excluding hydrogens is 333 g/mol. The predicted octanol–water partition coefficient (Wildman–Crippen LogP) is 4.67. The number of nitrogens with one attached hydrogen (secondary N) is 1. The van der Waals surface area contributed by atoms with Gasteiger partial charge in [0.1, 0.15) is 18.2 Å². The molecule has 0 aromatic heterocycles. The number of halogens is 2. The first-order chi connectivity index (χ1) is 10.2. The first kappa shape index (κ1) is 16.0. The second-order valence-corrected chi connectivity index (χ2v) is 5.67. The van der Waals surface area contributed by atoms with E-state index in [1.807, 2.05) is 18.2 Å². The van der Waals surface area contributed by atoms with E-state index < -0.39 is 0 Å². The summed E-state index contributed by atoms with van der Waals surface area (Å²) in [7, 11) is 0. The molecule has 2 nitrogen and oxygen atoms in total. The van der Waals surface area contributed by atoms with Crippen LogP contribution in [0.15, 0.2) is 46.9 Å². The van der Waals surface area contributed by atoms with E-state index in [-0.39, 0.29) is 5.82 Å². The summed E-state index contributed by atoms with van der Waals surface area (Å²) >= 11 is 3.53. The summed E-state index contributed by atoms with van der Waals surface area (Å²) in [5, 5.41) is 3.37. The lowest BCUT2D eigenvalue weighted by atomic mass is 10.2. The van der Waals surface area contributed by atoms with Gasteiger partial charge in [-0.15, -0.1) is 0 Å². The Balaban J connectivity index is 2.05. The second kappa shape index (κ2) is 8.15. The molecule has 2 rings (SSSR count). The Hall–Kier alpha value is -1.39. The van der Waals surface area contributed by atoms with Crippen LogP contribution in [0.4, 0.5) is 4.39 Å². The van der Waals surface area contributed by atoms with Crippen molar-refractivity contribution in [2.45, 2.75) is 26.5 Å². The van der Waals surface area contributed by atoms with Crippen molar-refractivity contribution >= 4 is 15.9 Å². The summed E-state index contributed by atoms with van der Waals surface area (Å²) in [6, 6.07) is 12.4. The lowest BCUT2D eigenvalue weighted by Gasteiger charge is -2.14. The SMILES string of the molecule is CCCNCc1cccc(Br)c1OCc1ccc(F)cc1. The van der Waals surface area contributed by atoms with Gasteiger partial charge in [-0.1, -0.05) is 31.2 Å². The molecule has 0 unspecified atom stereocenters. The van der Waals surface area contributed by atoms with Crippen LogP contribution in [-0.2, 0) is 13.2 Å². The van der Waals surface area contributed by atoms with Crippen molar-refractivity contribution in [3.05, 3.63) is 63.9 Å². The van der Waals surface area contributed by atoms with Crippen molar-refractivity contribution in [2.24, 2.45) is 0 Å². The molecule has 0 fully saturated rings. The van der Waals surface area contributed by atoms with Gasteiger partial charge in [-0.05, 0) is 52.7 Å². The maximum Gasteiger partial charge on any atom is 0.138 e. The second-order valence-electron chi connectivity index (χ2n) is 4.82. The van der Waals surface area contributed by atoms with Crippen molar-refractivity contribution in [2.75, 3.05) is 6.54 Å². The smallest absolute Gasteiger partial charge is 0.138 e. The lowest BCUT2D eigenvalue weighted by molar-refractivity contribution is 0.300. The zero-order valence-electron chi connectivity index (χ0n) is 12.0. The van der Waals surface area contributed by atoms with Crippen LogP contribution in [0.3, 0.4) is 0 Å². The molecule has 2 aromatic rings. The van der Waals surface area contributed by atoms with Gasteiger partial charge in [0.05, 0.1) is 4.47 Å². The molecule has 21 heavy (non-hydrogen) atoms. The van der Waals surface area contributed by atoms with E-state index in [2.05, 4.69) is 28.2 Å². The quantitative estimate of drug-likeness (QED) is 0.732. The number of hydrogen-bond acceptors (Lipinski definition) is 2. The molecule has 0 atom stereocenters. The van der Waals surface area contributed by atoms with Gasteiger partial charge in [0, 0.05) is 12.1 Å². The average Bonchev–Trinajstić information content (AvgIpc) is 2.48. The van der Waals surface area contributed by atoms with Crippen LogP contribution in [0, 0.1) is 5.82 Å². The monoisotopic (exact) mass is 351 g/mol. The predicted molar refractivity (Wildman–Crippen MR) is 86.9 cm³/mol. The molecule has 4 heteroatoms. The zero-order chi connectivity index (χ0) is 15.1. The van der Waals surface area contributed by atoms with Crippen LogP contribution in [0.5, 0.6) is 5.75 Å². The fourth-order valence-electron chi connectivity index (χ4n) is 1.99. The lowest BCUT2D eigenvalue weighted by Crippen LogP contribution is -2.14. The molecule has 0 saturated carbocycles. The van der Waals surface area contributed by atoms with Gasteiger partial charge in [-0.2, -0.15) is 0 Å². The highest BCUT2D eigenvalue weighted by Crippen LogP contribution is 2.29. The van der Waals surface area contributed by atoms with Crippen molar-refractivity contribution in [3.63, 3.8) is 0 Å². The van der Waals surface area contributed by atoms with Crippen LogP contribution in [0.1, 0.15) is 24.5 Å². The maximum absolute atomic E-state index is 12.9. The molecule has 0 saturated heterocycles. The standard InChI is InChI=1S/C17H19BrFNO/c1-2-10-20-11-14-4-3-5-16(18)17(14)21-12-13-6-8-15(19)9-7-13/h3-9,20H,2,10-12H2,1H3. The molecular formula is C17H19BrFNO. The third-order valence-corrected chi connectivity index (χ3v) is 3.71. The third kappa shape index (κ3) is 4.83. The Bertz CT molecular complexity index is 572. The van der Waals surface area contributed by atoms with Crippen LogP contribution < -0.4 is 10.1 Å². The minimum absolute atomic E-state index is 0.232. The number of rotatable bonds is 7. The summed E-state index contributed by atoms with van der Waals surface area (Å²) < 4.78 is 19.7. The highest BCUT2D eigenvalue weighted by atomic mass is 79.9. The van der Waals surface area contributed by atoms with E-state index >= 15 is 0 Å². The zero-order valence-corrected chi connectivity index (χ0v) is 13.6. The first-order valence-corrected chi connectivity index (χ1v) is 7.85. The van der Waals surface area contributed by atoms with Gasteiger partial charge in [0.15, 0.2) is 0 Å². The van der Waals surface area contributed by atoms with Gasteiger partial charge in [0.25, 0.3) is 0 Å². The minimum Gasteiger partial charge on any atom is -0.487 e.